The summed E-state index contributed by atoms with van der Waals surface area (Å²) >= 11 is 0. The number of para-hydroxylation sites is 1. The molecule has 0 saturated carbocycles. The van der Waals surface area contributed by atoms with Crippen LogP contribution in [0.3, 0.4) is 0 Å². The van der Waals surface area contributed by atoms with Crippen molar-refractivity contribution in [1.29, 1.82) is 0 Å². The quantitative estimate of drug-likeness (QED) is 0.465. The number of nitrogen functional groups attached to an aromatic ring is 1. The second-order valence-electron chi connectivity index (χ2n) is 5.42. The number of aliphatic carboxylic acids is 1. The average Bonchev–Trinajstić information content (AvgIpc) is 2.42. The van der Waals surface area contributed by atoms with Crippen molar-refractivity contribution in [2.45, 2.75) is 64.2 Å². The lowest BCUT2D eigenvalue weighted by Crippen LogP contribution is -1.94. The van der Waals surface area contributed by atoms with Crippen molar-refractivity contribution in [3.63, 3.8) is 0 Å². The van der Waals surface area contributed by atoms with E-state index in [0.29, 0.717) is 6.42 Å². The van der Waals surface area contributed by atoms with E-state index in [2.05, 4.69) is 6.07 Å². The Balaban J connectivity index is 1.90. The van der Waals surface area contributed by atoms with Gasteiger partial charge in [-0.3, -0.25) is 4.79 Å². The number of carboxylic acids is 1. The Hall–Kier alpha value is -1.51. The van der Waals surface area contributed by atoms with Crippen molar-refractivity contribution in [1.82, 2.24) is 0 Å². The number of aryl methyl sites for hydroxylation is 1. The molecule has 0 spiro atoms. The highest BCUT2D eigenvalue weighted by Gasteiger charge is 1.98. The number of rotatable bonds is 11. The van der Waals surface area contributed by atoms with Gasteiger partial charge in [-0.05, 0) is 30.9 Å². The van der Waals surface area contributed by atoms with E-state index in [-0.39, 0.29) is 0 Å². The van der Waals surface area contributed by atoms with Crippen molar-refractivity contribution < 1.29 is 9.90 Å². The van der Waals surface area contributed by atoms with Gasteiger partial charge in [-0.25, -0.2) is 0 Å². The Bertz CT molecular complexity index is 390. The SMILES string of the molecule is Nc1ccccc1CCCCCCCCCCC(=O)O. The van der Waals surface area contributed by atoms with Gasteiger partial charge in [0.05, 0.1) is 0 Å². The number of anilines is 1. The van der Waals surface area contributed by atoms with Crippen LogP contribution in [-0.2, 0) is 11.2 Å². The third kappa shape index (κ3) is 7.82. The minimum atomic E-state index is -0.676. The molecular weight excluding hydrogens is 250 g/mol. The largest absolute Gasteiger partial charge is 0.481 e. The van der Waals surface area contributed by atoms with E-state index < -0.39 is 5.97 Å². The summed E-state index contributed by atoms with van der Waals surface area (Å²) in [5.41, 5.74) is 8.08. The molecule has 3 nitrogen and oxygen atoms in total. The first-order valence-electron chi connectivity index (χ1n) is 7.75. The molecule has 0 aromatic heterocycles. The van der Waals surface area contributed by atoms with E-state index >= 15 is 0 Å². The molecule has 0 heterocycles. The fourth-order valence-corrected chi connectivity index (χ4v) is 2.41. The summed E-state index contributed by atoms with van der Waals surface area (Å²) in [4.78, 5) is 10.3. The number of hydrogen-bond acceptors (Lipinski definition) is 2. The highest BCUT2D eigenvalue weighted by atomic mass is 16.4. The summed E-state index contributed by atoms with van der Waals surface area (Å²) in [6.07, 6.45) is 10.6. The Morgan fingerprint density at radius 3 is 2.05 bits per heavy atom. The number of nitrogens with two attached hydrogens (primary N) is 1. The molecule has 0 radical (unpaired) electrons. The van der Waals surface area contributed by atoms with E-state index in [1.807, 2.05) is 18.2 Å². The Labute approximate surface area is 122 Å². The first-order valence-corrected chi connectivity index (χ1v) is 7.75. The van der Waals surface area contributed by atoms with Crippen LogP contribution in [0.4, 0.5) is 5.69 Å². The maximum Gasteiger partial charge on any atom is 0.303 e. The van der Waals surface area contributed by atoms with Crippen LogP contribution in [0.5, 0.6) is 0 Å². The topological polar surface area (TPSA) is 63.3 Å². The van der Waals surface area contributed by atoms with Crippen molar-refractivity contribution in [3.8, 4) is 0 Å². The van der Waals surface area contributed by atoms with Gasteiger partial charge >= 0.3 is 5.97 Å². The lowest BCUT2D eigenvalue weighted by atomic mass is 10.0. The van der Waals surface area contributed by atoms with Crippen LogP contribution < -0.4 is 5.73 Å². The molecule has 20 heavy (non-hydrogen) atoms. The van der Waals surface area contributed by atoms with Crippen LogP contribution in [0.25, 0.3) is 0 Å². The molecule has 0 atom stereocenters. The van der Waals surface area contributed by atoms with Crippen molar-refractivity contribution in [2.75, 3.05) is 5.73 Å². The van der Waals surface area contributed by atoms with E-state index in [9.17, 15) is 4.79 Å². The molecule has 1 aromatic carbocycles. The number of unbranched alkanes of at least 4 members (excludes halogenated alkanes) is 7. The van der Waals surface area contributed by atoms with Gasteiger partial charge in [-0.1, -0.05) is 56.7 Å². The normalized spacial score (nSPS) is 10.6. The van der Waals surface area contributed by atoms with E-state index in [0.717, 1.165) is 24.9 Å². The Morgan fingerprint density at radius 1 is 0.900 bits per heavy atom. The average molecular weight is 277 g/mol. The fourth-order valence-electron chi connectivity index (χ4n) is 2.41. The molecular formula is C17H27NO2. The zero-order valence-electron chi connectivity index (χ0n) is 12.3. The van der Waals surface area contributed by atoms with Crippen LogP contribution >= 0.6 is 0 Å². The smallest absolute Gasteiger partial charge is 0.303 e. The number of benzene rings is 1. The van der Waals surface area contributed by atoms with Crippen molar-refractivity contribution in [2.24, 2.45) is 0 Å². The van der Waals surface area contributed by atoms with E-state index in [1.54, 1.807) is 0 Å². The first kappa shape index (κ1) is 16.5. The van der Waals surface area contributed by atoms with Crippen LogP contribution in [0.1, 0.15) is 63.4 Å². The first-order chi connectivity index (χ1) is 9.70. The highest BCUT2D eigenvalue weighted by molar-refractivity contribution is 5.66. The van der Waals surface area contributed by atoms with Gasteiger partial charge in [0, 0.05) is 12.1 Å². The van der Waals surface area contributed by atoms with Gasteiger partial charge in [0.2, 0.25) is 0 Å². The number of carboxylic acid groups (broad SMARTS) is 1. The molecule has 1 rings (SSSR count). The molecule has 1 aromatic rings. The number of carbonyl (C=O) groups is 1. The molecule has 3 heteroatoms. The zero-order valence-corrected chi connectivity index (χ0v) is 12.3. The van der Waals surface area contributed by atoms with Crippen molar-refractivity contribution >= 4 is 11.7 Å². The summed E-state index contributed by atoms with van der Waals surface area (Å²) < 4.78 is 0. The summed E-state index contributed by atoms with van der Waals surface area (Å²) in [5, 5.41) is 8.52. The molecule has 112 valence electrons. The Morgan fingerprint density at radius 2 is 1.45 bits per heavy atom. The van der Waals surface area contributed by atoms with Gasteiger partial charge in [-0.2, -0.15) is 0 Å². The predicted molar refractivity (Wildman–Crippen MR) is 83.7 cm³/mol. The maximum atomic E-state index is 10.3. The van der Waals surface area contributed by atoms with Crippen LogP contribution in [0, 0.1) is 0 Å². The van der Waals surface area contributed by atoms with E-state index in [1.165, 1.54) is 44.1 Å². The second-order valence-corrected chi connectivity index (χ2v) is 5.42. The van der Waals surface area contributed by atoms with E-state index in [4.69, 9.17) is 10.8 Å². The zero-order chi connectivity index (χ0) is 14.6. The summed E-state index contributed by atoms with van der Waals surface area (Å²) in [6.45, 7) is 0. The minimum absolute atomic E-state index is 0.318. The van der Waals surface area contributed by atoms with Gasteiger partial charge in [-0.15, -0.1) is 0 Å². The van der Waals surface area contributed by atoms with Gasteiger partial charge < -0.3 is 10.8 Å². The monoisotopic (exact) mass is 277 g/mol. The van der Waals surface area contributed by atoms with Gasteiger partial charge in [0.25, 0.3) is 0 Å². The summed E-state index contributed by atoms with van der Waals surface area (Å²) in [5.74, 6) is -0.676. The third-order valence-electron chi connectivity index (χ3n) is 3.64. The molecule has 0 unspecified atom stereocenters. The van der Waals surface area contributed by atoms with Crippen LogP contribution in [-0.4, -0.2) is 11.1 Å². The van der Waals surface area contributed by atoms with Crippen LogP contribution in [0.15, 0.2) is 24.3 Å². The molecule has 0 bridgehead atoms. The molecule has 3 N–H and O–H groups in total. The lowest BCUT2D eigenvalue weighted by molar-refractivity contribution is -0.137. The minimum Gasteiger partial charge on any atom is -0.481 e. The summed E-state index contributed by atoms with van der Waals surface area (Å²) in [6, 6.07) is 8.09. The lowest BCUT2D eigenvalue weighted by Gasteiger charge is -2.05. The van der Waals surface area contributed by atoms with Crippen LogP contribution in [0.2, 0.25) is 0 Å². The molecule has 0 saturated heterocycles. The number of hydrogen-bond donors (Lipinski definition) is 2. The molecule has 0 amide bonds. The molecule has 0 aliphatic heterocycles. The molecule has 0 aliphatic rings. The Kier molecular flexibility index (Phi) is 8.52. The highest BCUT2D eigenvalue weighted by Crippen LogP contribution is 2.15. The predicted octanol–water partition coefficient (Wildman–Crippen LogP) is 4.41. The van der Waals surface area contributed by atoms with Gasteiger partial charge in [0.15, 0.2) is 0 Å². The van der Waals surface area contributed by atoms with Crippen molar-refractivity contribution in [3.05, 3.63) is 29.8 Å². The summed E-state index contributed by atoms with van der Waals surface area (Å²) in [7, 11) is 0. The molecule has 0 fully saturated rings. The molecule has 0 aliphatic carbocycles. The van der Waals surface area contributed by atoms with Gasteiger partial charge in [0.1, 0.15) is 0 Å². The second kappa shape index (κ2) is 10.3. The fraction of sp³-hybridized carbons (Fsp3) is 0.588. The third-order valence-corrected chi connectivity index (χ3v) is 3.64. The standard InChI is InChI=1S/C17H27NO2/c18-16-13-10-9-12-15(16)11-7-5-3-1-2-4-6-8-14-17(19)20/h9-10,12-13H,1-8,11,14,18H2,(H,19,20). The maximum absolute atomic E-state index is 10.3.